The Morgan fingerprint density at radius 2 is 2.26 bits per heavy atom. The molecule has 0 aliphatic carbocycles. The van der Waals surface area contributed by atoms with Crippen LogP contribution in [-0.2, 0) is 0 Å². The summed E-state index contributed by atoms with van der Waals surface area (Å²) in [4.78, 5) is 4.23. The third-order valence-electron chi connectivity index (χ3n) is 3.03. The molecule has 5 nitrogen and oxygen atoms in total. The lowest BCUT2D eigenvalue weighted by Crippen LogP contribution is -2.23. The Kier molecular flexibility index (Phi) is 3.29. The van der Waals surface area contributed by atoms with Gasteiger partial charge in [0.25, 0.3) is 0 Å². The van der Waals surface area contributed by atoms with E-state index in [2.05, 4.69) is 27.4 Å². The van der Waals surface area contributed by atoms with Gasteiger partial charge in [-0.3, -0.25) is 5.10 Å². The molecular formula is C14H16N4O. The summed E-state index contributed by atoms with van der Waals surface area (Å²) in [5, 5.41) is 11.3. The number of hydrogen-bond acceptors (Lipinski definition) is 4. The largest absolute Gasteiger partial charge is 0.459 e. The first-order valence-corrected chi connectivity index (χ1v) is 6.45. The zero-order valence-electron chi connectivity index (χ0n) is 10.8. The number of nitrogens with zero attached hydrogens (tertiary/aromatic N) is 2. The molecule has 1 aromatic carbocycles. The monoisotopic (exact) mass is 256 g/mol. The molecule has 0 saturated heterocycles. The summed E-state index contributed by atoms with van der Waals surface area (Å²) in [6.45, 7) is 3.02. The van der Waals surface area contributed by atoms with Gasteiger partial charge in [-0.15, -0.1) is 0 Å². The number of para-hydroxylation sites is 1. The third-order valence-corrected chi connectivity index (χ3v) is 3.03. The third kappa shape index (κ3) is 2.37. The van der Waals surface area contributed by atoms with E-state index in [4.69, 9.17) is 4.42 Å². The van der Waals surface area contributed by atoms with Crippen molar-refractivity contribution in [2.75, 3.05) is 6.54 Å². The molecule has 19 heavy (non-hydrogen) atoms. The maximum Gasteiger partial charge on any atom is 0.149 e. The fraction of sp³-hybridized carbons (Fsp3) is 0.286. The maximum absolute atomic E-state index is 5.90. The number of benzene rings is 1. The van der Waals surface area contributed by atoms with Crippen molar-refractivity contribution in [1.82, 2.24) is 20.5 Å². The smallest absolute Gasteiger partial charge is 0.149 e. The van der Waals surface area contributed by atoms with Crippen molar-refractivity contribution in [3.05, 3.63) is 48.2 Å². The molecule has 0 amide bonds. The van der Waals surface area contributed by atoms with Gasteiger partial charge in [-0.2, -0.15) is 5.10 Å². The molecule has 98 valence electrons. The summed E-state index contributed by atoms with van der Waals surface area (Å²) >= 11 is 0. The molecule has 0 radical (unpaired) electrons. The SMILES string of the molecule is CCCNC(c1ncn[nH]1)c1cc2ccccc2o1. The number of furan rings is 1. The molecule has 0 aliphatic rings. The van der Waals surface area contributed by atoms with E-state index in [1.54, 1.807) is 0 Å². The van der Waals surface area contributed by atoms with Crippen LogP contribution in [0.25, 0.3) is 11.0 Å². The Balaban J connectivity index is 1.98. The van der Waals surface area contributed by atoms with Crippen LogP contribution in [0.4, 0.5) is 0 Å². The van der Waals surface area contributed by atoms with Gasteiger partial charge in [0.1, 0.15) is 29.5 Å². The first-order chi connectivity index (χ1) is 9.38. The van der Waals surface area contributed by atoms with Crippen LogP contribution in [0.3, 0.4) is 0 Å². The summed E-state index contributed by atoms with van der Waals surface area (Å²) in [5.41, 5.74) is 0.889. The summed E-state index contributed by atoms with van der Waals surface area (Å²) in [5.74, 6) is 1.62. The van der Waals surface area contributed by atoms with Crippen LogP contribution in [0.5, 0.6) is 0 Å². The van der Waals surface area contributed by atoms with Crippen molar-refractivity contribution in [2.24, 2.45) is 0 Å². The van der Waals surface area contributed by atoms with E-state index in [1.165, 1.54) is 6.33 Å². The van der Waals surface area contributed by atoms with Gasteiger partial charge in [0, 0.05) is 5.39 Å². The highest BCUT2D eigenvalue weighted by Crippen LogP contribution is 2.26. The van der Waals surface area contributed by atoms with Crippen LogP contribution < -0.4 is 5.32 Å². The second-order valence-corrected chi connectivity index (χ2v) is 4.44. The van der Waals surface area contributed by atoms with Gasteiger partial charge in [0.2, 0.25) is 0 Å². The van der Waals surface area contributed by atoms with Crippen molar-refractivity contribution < 1.29 is 4.42 Å². The molecule has 2 heterocycles. The van der Waals surface area contributed by atoms with Gasteiger partial charge in [0.05, 0.1) is 0 Å². The molecule has 0 saturated carbocycles. The fourth-order valence-corrected chi connectivity index (χ4v) is 2.12. The highest BCUT2D eigenvalue weighted by Gasteiger charge is 2.20. The molecule has 0 bridgehead atoms. The lowest BCUT2D eigenvalue weighted by atomic mass is 10.2. The van der Waals surface area contributed by atoms with E-state index in [-0.39, 0.29) is 6.04 Å². The van der Waals surface area contributed by atoms with Gasteiger partial charge >= 0.3 is 0 Å². The van der Waals surface area contributed by atoms with Crippen LogP contribution in [-0.4, -0.2) is 21.7 Å². The van der Waals surface area contributed by atoms with Crippen molar-refractivity contribution in [3.63, 3.8) is 0 Å². The molecule has 0 spiro atoms. The van der Waals surface area contributed by atoms with Gasteiger partial charge in [-0.1, -0.05) is 25.1 Å². The second-order valence-electron chi connectivity index (χ2n) is 4.44. The number of nitrogens with one attached hydrogen (secondary N) is 2. The predicted molar refractivity (Wildman–Crippen MR) is 72.7 cm³/mol. The summed E-state index contributed by atoms with van der Waals surface area (Å²) in [6.07, 6.45) is 2.56. The van der Waals surface area contributed by atoms with E-state index in [0.717, 1.165) is 35.5 Å². The maximum atomic E-state index is 5.90. The predicted octanol–water partition coefficient (Wildman–Crippen LogP) is 2.64. The van der Waals surface area contributed by atoms with E-state index in [1.807, 2.05) is 30.3 Å². The molecule has 0 aliphatic heterocycles. The molecule has 3 rings (SSSR count). The normalized spacial score (nSPS) is 12.9. The van der Waals surface area contributed by atoms with Crippen molar-refractivity contribution in [3.8, 4) is 0 Å². The Hall–Kier alpha value is -2.14. The highest BCUT2D eigenvalue weighted by molar-refractivity contribution is 5.77. The minimum Gasteiger partial charge on any atom is -0.459 e. The van der Waals surface area contributed by atoms with Crippen molar-refractivity contribution in [2.45, 2.75) is 19.4 Å². The van der Waals surface area contributed by atoms with Gasteiger partial charge < -0.3 is 9.73 Å². The first-order valence-electron chi connectivity index (χ1n) is 6.45. The zero-order valence-corrected chi connectivity index (χ0v) is 10.8. The summed E-state index contributed by atoms with van der Waals surface area (Å²) in [6, 6.07) is 9.94. The molecule has 2 N–H and O–H groups in total. The van der Waals surface area contributed by atoms with Crippen LogP contribution in [0.1, 0.15) is 31.0 Å². The fourth-order valence-electron chi connectivity index (χ4n) is 2.12. The van der Waals surface area contributed by atoms with Crippen LogP contribution in [0.15, 0.2) is 41.1 Å². The first kappa shape index (κ1) is 11.9. The number of hydrogen-bond donors (Lipinski definition) is 2. The van der Waals surface area contributed by atoms with Gasteiger partial charge in [-0.05, 0) is 25.1 Å². The number of fused-ring (bicyclic) bond motifs is 1. The quantitative estimate of drug-likeness (QED) is 0.736. The van der Waals surface area contributed by atoms with E-state index in [9.17, 15) is 0 Å². The van der Waals surface area contributed by atoms with E-state index >= 15 is 0 Å². The highest BCUT2D eigenvalue weighted by atomic mass is 16.3. The molecule has 2 aromatic heterocycles. The van der Waals surface area contributed by atoms with Crippen LogP contribution in [0.2, 0.25) is 0 Å². The minimum absolute atomic E-state index is 0.0881. The lowest BCUT2D eigenvalue weighted by molar-refractivity contribution is 0.457. The van der Waals surface area contributed by atoms with Crippen molar-refractivity contribution in [1.29, 1.82) is 0 Å². The molecule has 5 heteroatoms. The Morgan fingerprint density at radius 1 is 1.37 bits per heavy atom. The van der Waals surface area contributed by atoms with Gasteiger partial charge in [0.15, 0.2) is 0 Å². The Labute approximate surface area is 111 Å². The topological polar surface area (TPSA) is 66.7 Å². The Bertz CT molecular complexity index is 611. The molecule has 1 atom stereocenters. The van der Waals surface area contributed by atoms with Crippen LogP contribution in [0, 0.1) is 0 Å². The molecule has 1 unspecified atom stereocenters. The van der Waals surface area contributed by atoms with Crippen molar-refractivity contribution >= 4 is 11.0 Å². The van der Waals surface area contributed by atoms with E-state index in [0.29, 0.717) is 0 Å². The number of rotatable bonds is 5. The van der Waals surface area contributed by atoms with Crippen LogP contribution >= 0.6 is 0 Å². The summed E-state index contributed by atoms with van der Waals surface area (Å²) < 4.78 is 5.90. The van der Waals surface area contributed by atoms with E-state index < -0.39 is 0 Å². The Morgan fingerprint density at radius 3 is 3.00 bits per heavy atom. The molecular weight excluding hydrogens is 240 g/mol. The zero-order chi connectivity index (χ0) is 13.1. The average Bonchev–Trinajstić information content (AvgIpc) is 3.08. The average molecular weight is 256 g/mol. The molecule has 3 aromatic rings. The summed E-state index contributed by atoms with van der Waals surface area (Å²) in [7, 11) is 0. The molecule has 0 fully saturated rings. The standard InChI is InChI=1S/C14H16N4O/c1-2-7-15-13(14-16-9-17-18-14)12-8-10-5-3-4-6-11(10)19-12/h3-6,8-9,13,15H,2,7H2,1H3,(H,16,17,18). The second kappa shape index (κ2) is 5.24. The number of H-pyrrole nitrogens is 1. The van der Waals surface area contributed by atoms with Gasteiger partial charge in [-0.25, -0.2) is 4.98 Å². The number of aromatic amines is 1. The minimum atomic E-state index is -0.0881. The lowest BCUT2D eigenvalue weighted by Gasteiger charge is -2.12. The number of aromatic nitrogens is 3.